The molecule has 3 aliphatic heterocycles. The summed E-state index contributed by atoms with van der Waals surface area (Å²) in [6.45, 7) is 8.36. The molecule has 0 bridgehead atoms. The first kappa shape index (κ1) is 21.1. The molecule has 1 aromatic carbocycles. The van der Waals surface area contributed by atoms with E-state index in [2.05, 4.69) is 38.0 Å². The maximum atomic E-state index is 12.6. The van der Waals surface area contributed by atoms with E-state index in [1.807, 2.05) is 12.1 Å². The summed E-state index contributed by atoms with van der Waals surface area (Å²) >= 11 is 0. The molecule has 2 amide bonds. The second-order valence-corrected chi connectivity index (χ2v) is 9.19. The Bertz CT molecular complexity index is 1010. The molecular weight excluding hydrogens is 406 g/mol. The Morgan fingerprint density at radius 2 is 1.84 bits per heavy atom. The Kier molecular flexibility index (Phi) is 5.95. The Hall–Kier alpha value is -2.75. The van der Waals surface area contributed by atoms with Gasteiger partial charge in [0.25, 0.3) is 0 Å². The highest BCUT2D eigenvalue weighted by atomic mass is 16.2. The normalized spacial score (nSPS) is 23.7. The number of hydrogen-bond acceptors (Lipinski definition) is 6. The first-order chi connectivity index (χ1) is 15.6. The van der Waals surface area contributed by atoms with Crippen LogP contribution in [-0.2, 0) is 6.54 Å². The van der Waals surface area contributed by atoms with E-state index in [0.717, 1.165) is 51.5 Å². The Morgan fingerprint density at radius 3 is 2.56 bits per heavy atom. The number of aromatic nitrogens is 2. The average molecular weight is 438 g/mol. The largest absolute Gasteiger partial charge is 0.354 e. The molecule has 1 atom stereocenters. The van der Waals surface area contributed by atoms with Gasteiger partial charge in [-0.05, 0) is 55.1 Å². The third-order valence-corrected chi connectivity index (χ3v) is 6.91. The lowest BCUT2D eigenvalue weighted by molar-refractivity contribution is 0.204. The summed E-state index contributed by atoms with van der Waals surface area (Å²) < 4.78 is 1.50. The average Bonchev–Trinajstić information content (AvgIpc) is 3.44. The Labute approximate surface area is 187 Å². The summed E-state index contributed by atoms with van der Waals surface area (Å²) in [5.41, 5.74) is 2.08. The lowest BCUT2D eigenvalue weighted by atomic mass is 9.86. The molecule has 4 heterocycles. The monoisotopic (exact) mass is 437 g/mol. The van der Waals surface area contributed by atoms with Crippen molar-refractivity contribution in [1.29, 1.82) is 0 Å². The number of anilines is 1. The van der Waals surface area contributed by atoms with Crippen molar-refractivity contribution in [2.75, 3.05) is 57.7 Å². The van der Waals surface area contributed by atoms with E-state index in [-0.39, 0.29) is 11.8 Å². The van der Waals surface area contributed by atoms with Gasteiger partial charge in [-0.3, -0.25) is 14.8 Å². The fraction of sp³-hybridized carbons (Fsp3) is 0.522. The van der Waals surface area contributed by atoms with Crippen molar-refractivity contribution in [2.45, 2.75) is 19.4 Å². The van der Waals surface area contributed by atoms with Gasteiger partial charge in [-0.2, -0.15) is 4.98 Å². The number of urea groups is 1. The molecular formula is C23H31N7O2. The van der Waals surface area contributed by atoms with Crippen LogP contribution in [0.1, 0.15) is 18.4 Å². The highest BCUT2D eigenvalue weighted by molar-refractivity contribution is 5.88. The third kappa shape index (κ3) is 4.55. The van der Waals surface area contributed by atoms with Gasteiger partial charge >= 0.3 is 11.7 Å². The zero-order valence-corrected chi connectivity index (χ0v) is 18.3. The molecule has 3 fully saturated rings. The van der Waals surface area contributed by atoms with Crippen LogP contribution in [0.3, 0.4) is 0 Å². The zero-order valence-electron chi connectivity index (χ0n) is 18.3. The van der Waals surface area contributed by atoms with Gasteiger partial charge in [-0.1, -0.05) is 12.1 Å². The molecule has 5 rings (SSSR count). The van der Waals surface area contributed by atoms with E-state index in [1.165, 1.54) is 23.0 Å². The molecule has 9 heteroatoms. The minimum atomic E-state index is -0.411. The SMILES string of the molecule is O=C(Nc1ccn(-c2ccc(CN3CCC4(CCNC4)C3)cc2)c(=O)n1)N1CCNCC1. The molecule has 3 aliphatic rings. The number of nitrogens with one attached hydrogen (secondary N) is 3. The molecule has 0 radical (unpaired) electrons. The number of carbonyl (C=O) groups excluding carboxylic acids is 1. The molecule has 0 aliphatic carbocycles. The van der Waals surface area contributed by atoms with Crippen molar-refractivity contribution < 1.29 is 4.79 Å². The molecule has 0 saturated carbocycles. The first-order valence-electron chi connectivity index (χ1n) is 11.5. The summed E-state index contributed by atoms with van der Waals surface area (Å²) in [7, 11) is 0. The van der Waals surface area contributed by atoms with Gasteiger partial charge < -0.3 is 15.5 Å². The van der Waals surface area contributed by atoms with Crippen molar-refractivity contribution in [2.24, 2.45) is 5.41 Å². The van der Waals surface area contributed by atoms with Gasteiger partial charge in [0.2, 0.25) is 0 Å². The van der Waals surface area contributed by atoms with Crippen LogP contribution in [0.15, 0.2) is 41.3 Å². The van der Waals surface area contributed by atoms with Crippen molar-refractivity contribution in [3.8, 4) is 5.69 Å². The van der Waals surface area contributed by atoms with E-state index in [9.17, 15) is 9.59 Å². The molecule has 2 aromatic rings. The van der Waals surface area contributed by atoms with Crippen LogP contribution in [0.5, 0.6) is 0 Å². The standard InChI is InChI=1S/C23H31N7O2/c31-21(29-13-9-24-10-14-29)26-20-5-11-30(22(32)27-20)19-3-1-18(2-4-19)15-28-12-7-23(17-28)6-8-25-16-23/h1-5,11,24-25H,6-10,12-17H2,(H,26,27,31,32). The van der Waals surface area contributed by atoms with Crippen LogP contribution < -0.4 is 21.6 Å². The second kappa shape index (κ2) is 9.01. The van der Waals surface area contributed by atoms with Crippen molar-refractivity contribution in [1.82, 2.24) is 30.0 Å². The Morgan fingerprint density at radius 1 is 1.03 bits per heavy atom. The van der Waals surface area contributed by atoms with Gasteiger partial charge in [0.05, 0.1) is 5.69 Å². The summed E-state index contributed by atoms with van der Waals surface area (Å²) in [6, 6.07) is 9.52. The number of hydrogen-bond donors (Lipinski definition) is 3. The minimum absolute atomic E-state index is 0.224. The number of benzene rings is 1. The van der Waals surface area contributed by atoms with Crippen LogP contribution in [0.2, 0.25) is 0 Å². The number of amides is 2. The van der Waals surface area contributed by atoms with Crippen molar-refractivity contribution in [3.63, 3.8) is 0 Å². The molecule has 170 valence electrons. The molecule has 1 unspecified atom stereocenters. The lowest BCUT2D eigenvalue weighted by Crippen LogP contribution is -2.48. The fourth-order valence-corrected chi connectivity index (χ4v) is 5.05. The quantitative estimate of drug-likeness (QED) is 0.657. The maximum Gasteiger partial charge on any atom is 0.354 e. The summed E-state index contributed by atoms with van der Waals surface area (Å²) in [5, 5.41) is 9.44. The molecule has 32 heavy (non-hydrogen) atoms. The van der Waals surface area contributed by atoms with Crippen LogP contribution in [0, 0.1) is 5.41 Å². The molecule has 9 nitrogen and oxygen atoms in total. The van der Waals surface area contributed by atoms with Crippen LogP contribution in [-0.4, -0.2) is 77.7 Å². The maximum absolute atomic E-state index is 12.6. The number of carbonyl (C=O) groups is 1. The Balaban J connectivity index is 1.21. The number of nitrogens with zero attached hydrogens (tertiary/aromatic N) is 4. The first-order valence-corrected chi connectivity index (χ1v) is 11.5. The van der Waals surface area contributed by atoms with Crippen molar-refractivity contribution >= 4 is 11.8 Å². The number of piperazine rings is 1. The van der Waals surface area contributed by atoms with Gasteiger partial charge in [0, 0.05) is 52.0 Å². The highest BCUT2D eigenvalue weighted by Gasteiger charge is 2.39. The molecule has 1 spiro atoms. The van der Waals surface area contributed by atoms with E-state index in [1.54, 1.807) is 17.2 Å². The predicted molar refractivity (Wildman–Crippen MR) is 123 cm³/mol. The molecule has 1 aromatic heterocycles. The van der Waals surface area contributed by atoms with Gasteiger partial charge in [-0.15, -0.1) is 0 Å². The lowest BCUT2D eigenvalue weighted by Gasteiger charge is -2.27. The predicted octanol–water partition coefficient (Wildman–Crippen LogP) is 0.855. The fourth-order valence-electron chi connectivity index (χ4n) is 5.05. The second-order valence-electron chi connectivity index (χ2n) is 9.19. The smallest absolute Gasteiger partial charge is 0.322 e. The van der Waals surface area contributed by atoms with Gasteiger partial charge in [0.1, 0.15) is 5.82 Å². The zero-order chi connectivity index (χ0) is 22.0. The van der Waals surface area contributed by atoms with Gasteiger partial charge in [-0.25, -0.2) is 9.59 Å². The number of likely N-dealkylation sites (tertiary alicyclic amines) is 1. The molecule has 3 N–H and O–H groups in total. The summed E-state index contributed by atoms with van der Waals surface area (Å²) in [6.07, 6.45) is 4.22. The highest BCUT2D eigenvalue weighted by Crippen LogP contribution is 2.36. The van der Waals surface area contributed by atoms with Crippen LogP contribution in [0.4, 0.5) is 10.6 Å². The van der Waals surface area contributed by atoms with Crippen molar-refractivity contribution in [3.05, 3.63) is 52.6 Å². The number of rotatable bonds is 4. The van der Waals surface area contributed by atoms with Gasteiger partial charge in [0.15, 0.2) is 0 Å². The minimum Gasteiger partial charge on any atom is -0.322 e. The van der Waals surface area contributed by atoms with E-state index >= 15 is 0 Å². The van der Waals surface area contributed by atoms with E-state index < -0.39 is 5.69 Å². The summed E-state index contributed by atoms with van der Waals surface area (Å²) in [4.78, 5) is 33.2. The van der Waals surface area contributed by atoms with Crippen LogP contribution in [0.25, 0.3) is 5.69 Å². The third-order valence-electron chi connectivity index (χ3n) is 6.91. The molecule has 3 saturated heterocycles. The van der Waals surface area contributed by atoms with E-state index in [4.69, 9.17) is 0 Å². The topological polar surface area (TPSA) is 94.5 Å². The van der Waals surface area contributed by atoms with E-state index in [0.29, 0.717) is 18.5 Å². The summed E-state index contributed by atoms with van der Waals surface area (Å²) in [5.74, 6) is 0.274. The van der Waals surface area contributed by atoms with Crippen LogP contribution >= 0.6 is 0 Å².